The van der Waals surface area contributed by atoms with Crippen molar-refractivity contribution in [1.82, 2.24) is 9.62 Å². The van der Waals surface area contributed by atoms with Crippen LogP contribution in [0.1, 0.15) is 12.8 Å². The van der Waals surface area contributed by atoms with E-state index in [-0.39, 0.29) is 0 Å². The van der Waals surface area contributed by atoms with E-state index in [9.17, 15) is 4.21 Å². The van der Waals surface area contributed by atoms with Crippen molar-refractivity contribution in [3.8, 4) is 0 Å². The minimum atomic E-state index is -0.758. The van der Waals surface area contributed by atoms with Gasteiger partial charge in [-0.3, -0.25) is 0 Å². The van der Waals surface area contributed by atoms with Gasteiger partial charge in [0.25, 0.3) is 0 Å². The molecular weight excluding hydrogens is 184 g/mol. The van der Waals surface area contributed by atoms with Crippen LogP contribution in [0.5, 0.6) is 0 Å². The highest BCUT2D eigenvalue weighted by Crippen LogP contribution is 2.27. The summed E-state index contributed by atoms with van der Waals surface area (Å²) in [4.78, 5) is 0. The summed E-state index contributed by atoms with van der Waals surface area (Å²) in [6, 6.07) is 0. The lowest BCUT2D eigenvalue weighted by Crippen LogP contribution is -2.27. The number of nitrogens with one attached hydrogen (secondary N) is 1. The van der Waals surface area contributed by atoms with Gasteiger partial charge < -0.3 is 5.32 Å². The van der Waals surface area contributed by atoms with Gasteiger partial charge in [-0.1, -0.05) is 0 Å². The van der Waals surface area contributed by atoms with Crippen LogP contribution >= 0.6 is 0 Å². The van der Waals surface area contributed by atoms with E-state index in [0.717, 1.165) is 24.9 Å². The Morgan fingerprint density at radius 2 is 1.77 bits per heavy atom. The molecule has 2 aliphatic heterocycles. The molecule has 3 nitrogen and oxygen atoms in total. The summed E-state index contributed by atoms with van der Waals surface area (Å²) >= 11 is 0. The Kier molecular flexibility index (Phi) is 3.01. The van der Waals surface area contributed by atoms with Crippen molar-refractivity contribution < 1.29 is 4.21 Å². The van der Waals surface area contributed by atoms with E-state index in [1.54, 1.807) is 6.26 Å². The first kappa shape index (κ1) is 9.62. The fourth-order valence-electron chi connectivity index (χ4n) is 2.45. The van der Waals surface area contributed by atoms with Crippen LogP contribution in [0.4, 0.5) is 0 Å². The third kappa shape index (κ3) is 2.11. The van der Waals surface area contributed by atoms with Gasteiger partial charge in [0.05, 0.1) is 11.0 Å². The van der Waals surface area contributed by atoms with Gasteiger partial charge in [-0.2, -0.15) is 0 Å². The molecule has 0 aliphatic carbocycles. The molecule has 0 bridgehead atoms. The molecule has 3 atom stereocenters. The molecular formula is C9H18N2OS. The summed E-state index contributed by atoms with van der Waals surface area (Å²) in [6.45, 7) is 4.39. The van der Waals surface area contributed by atoms with Gasteiger partial charge in [-0.25, -0.2) is 8.51 Å². The second-order valence-corrected chi connectivity index (χ2v) is 5.47. The van der Waals surface area contributed by atoms with Gasteiger partial charge in [-0.05, 0) is 37.8 Å². The SMILES string of the molecule is CS(=O)N1CCC2CNCC2CC1. The van der Waals surface area contributed by atoms with Crippen molar-refractivity contribution in [2.75, 3.05) is 32.4 Å². The minimum Gasteiger partial charge on any atom is -0.316 e. The van der Waals surface area contributed by atoms with Gasteiger partial charge >= 0.3 is 0 Å². The van der Waals surface area contributed by atoms with Crippen molar-refractivity contribution in [2.45, 2.75) is 12.8 Å². The first-order valence-corrected chi connectivity index (χ1v) is 6.58. The highest BCUT2D eigenvalue weighted by molar-refractivity contribution is 7.81. The van der Waals surface area contributed by atoms with Crippen LogP contribution in [-0.4, -0.2) is 40.9 Å². The van der Waals surface area contributed by atoms with Gasteiger partial charge in [0, 0.05) is 19.3 Å². The van der Waals surface area contributed by atoms with E-state index in [1.165, 1.54) is 25.9 Å². The van der Waals surface area contributed by atoms with Crippen LogP contribution in [0.15, 0.2) is 0 Å². The molecule has 2 heterocycles. The van der Waals surface area contributed by atoms with Crippen molar-refractivity contribution in [2.24, 2.45) is 11.8 Å². The third-order valence-corrected chi connectivity index (χ3v) is 4.43. The number of fused-ring (bicyclic) bond motifs is 1. The molecule has 0 saturated carbocycles. The Bertz CT molecular complexity index is 196. The molecule has 2 fully saturated rings. The van der Waals surface area contributed by atoms with Gasteiger partial charge in [0.15, 0.2) is 0 Å². The summed E-state index contributed by atoms with van der Waals surface area (Å²) < 4.78 is 13.4. The Morgan fingerprint density at radius 1 is 1.23 bits per heavy atom. The second kappa shape index (κ2) is 4.07. The Balaban J connectivity index is 1.95. The Labute approximate surface area is 82.5 Å². The van der Waals surface area contributed by atoms with E-state index >= 15 is 0 Å². The van der Waals surface area contributed by atoms with Crippen LogP contribution in [0.3, 0.4) is 0 Å². The summed E-state index contributed by atoms with van der Waals surface area (Å²) in [6.07, 6.45) is 4.23. The fraction of sp³-hybridized carbons (Fsp3) is 1.00. The van der Waals surface area contributed by atoms with Crippen LogP contribution in [0.25, 0.3) is 0 Å². The smallest absolute Gasteiger partial charge is 0.0910 e. The number of hydrogen-bond acceptors (Lipinski definition) is 2. The maximum Gasteiger partial charge on any atom is 0.0910 e. The van der Waals surface area contributed by atoms with E-state index in [0.29, 0.717) is 0 Å². The summed E-state index contributed by atoms with van der Waals surface area (Å²) in [5.74, 6) is 1.68. The molecule has 2 rings (SSSR count). The molecule has 2 aliphatic rings. The second-order valence-electron chi connectivity index (χ2n) is 4.11. The standard InChI is InChI=1S/C9H18N2OS/c1-13(12)11-4-2-8-6-10-7-9(8)3-5-11/h8-10H,2-7H2,1H3. The van der Waals surface area contributed by atoms with E-state index in [1.807, 2.05) is 0 Å². The molecule has 0 aromatic rings. The first-order valence-electron chi connectivity index (χ1n) is 5.06. The summed E-state index contributed by atoms with van der Waals surface area (Å²) in [5.41, 5.74) is 0. The fourth-order valence-corrected chi connectivity index (χ4v) is 3.18. The van der Waals surface area contributed by atoms with Crippen molar-refractivity contribution in [1.29, 1.82) is 0 Å². The molecule has 0 aromatic heterocycles. The Hall–Kier alpha value is 0.0700. The number of rotatable bonds is 1. The normalized spacial score (nSPS) is 38.2. The lowest BCUT2D eigenvalue weighted by Gasteiger charge is -2.15. The zero-order valence-corrected chi connectivity index (χ0v) is 8.98. The van der Waals surface area contributed by atoms with Crippen molar-refractivity contribution in [3.63, 3.8) is 0 Å². The molecule has 13 heavy (non-hydrogen) atoms. The van der Waals surface area contributed by atoms with Gasteiger partial charge in [0.1, 0.15) is 0 Å². The van der Waals surface area contributed by atoms with E-state index in [2.05, 4.69) is 9.62 Å². The molecule has 0 spiro atoms. The van der Waals surface area contributed by atoms with Crippen LogP contribution in [0, 0.1) is 11.8 Å². The lowest BCUT2D eigenvalue weighted by molar-refractivity contribution is 0.409. The summed E-state index contributed by atoms with van der Waals surface area (Å²) in [7, 11) is -0.758. The largest absolute Gasteiger partial charge is 0.316 e. The zero-order valence-electron chi connectivity index (χ0n) is 8.16. The monoisotopic (exact) mass is 202 g/mol. The molecule has 0 radical (unpaired) electrons. The zero-order chi connectivity index (χ0) is 9.26. The predicted molar refractivity (Wildman–Crippen MR) is 54.7 cm³/mol. The van der Waals surface area contributed by atoms with Crippen LogP contribution in [0.2, 0.25) is 0 Å². The highest BCUT2D eigenvalue weighted by atomic mass is 32.2. The molecule has 2 saturated heterocycles. The average molecular weight is 202 g/mol. The van der Waals surface area contributed by atoms with Gasteiger partial charge in [-0.15, -0.1) is 0 Å². The number of hydrogen-bond donors (Lipinski definition) is 1. The topological polar surface area (TPSA) is 32.3 Å². The quantitative estimate of drug-likeness (QED) is 0.659. The van der Waals surface area contributed by atoms with Crippen molar-refractivity contribution >= 4 is 11.0 Å². The predicted octanol–water partition coefficient (Wildman–Crippen LogP) is 0.211. The molecule has 0 aromatic carbocycles. The molecule has 76 valence electrons. The molecule has 1 N–H and O–H groups in total. The molecule has 0 amide bonds. The van der Waals surface area contributed by atoms with Crippen molar-refractivity contribution in [3.05, 3.63) is 0 Å². The minimum absolute atomic E-state index is 0.758. The highest BCUT2D eigenvalue weighted by Gasteiger charge is 2.30. The van der Waals surface area contributed by atoms with Crippen LogP contribution in [-0.2, 0) is 11.0 Å². The van der Waals surface area contributed by atoms with E-state index in [4.69, 9.17) is 0 Å². The maximum absolute atomic E-state index is 11.3. The van der Waals surface area contributed by atoms with E-state index < -0.39 is 11.0 Å². The first-order chi connectivity index (χ1) is 6.27. The molecule has 3 unspecified atom stereocenters. The van der Waals surface area contributed by atoms with Gasteiger partial charge in [0.2, 0.25) is 0 Å². The van der Waals surface area contributed by atoms with Crippen LogP contribution < -0.4 is 5.32 Å². The third-order valence-electron chi connectivity index (χ3n) is 3.34. The Morgan fingerprint density at radius 3 is 2.23 bits per heavy atom. The number of nitrogens with zero attached hydrogens (tertiary/aromatic N) is 1. The average Bonchev–Trinajstić information content (AvgIpc) is 2.44. The molecule has 4 heteroatoms. The summed E-state index contributed by atoms with van der Waals surface area (Å²) in [5, 5.41) is 3.44. The lowest BCUT2D eigenvalue weighted by atomic mass is 9.92. The maximum atomic E-state index is 11.3.